The van der Waals surface area contributed by atoms with E-state index < -0.39 is 0 Å². The molecule has 4 aromatic rings. The molecule has 7 rings (SSSR count). The molecule has 1 aromatic carbocycles. The number of benzene rings is 1. The van der Waals surface area contributed by atoms with Gasteiger partial charge in [0.1, 0.15) is 0 Å². The zero-order valence-corrected chi connectivity index (χ0v) is 14.2. The Morgan fingerprint density at radius 2 is 1.50 bits per heavy atom. The van der Waals surface area contributed by atoms with Crippen LogP contribution in [0.2, 0.25) is 0 Å². The molecule has 0 amide bonds. The van der Waals surface area contributed by atoms with E-state index in [0.717, 1.165) is 6.42 Å². The maximum atomic E-state index is 5.54. The standard InChI is InChI=1S/C23H18NO2/c1-2-6-19-18(5-1)21-13-23(16-8-11-25-14-16,17-9-12-26-15-17)22(19)20-7-3-4-10-24(20)21/h1-12,14-15,21-22H,13H2/q+1/t21-,22+/m1/s1. The predicted octanol–water partition coefficient (Wildman–Crippen LogP) is 4.58. The van der Waals surface area contributed by atoms with Crippen LogP contribution in [0.4, 0.5) is 0 Å². The molecule has 0 saturated carbocycles. The van der Waals surface area contributed by atoms with Crippen LogP contribution in [0.5, 0.6) is 0 Å². The van der Waals surface area contributed by atoms with Gasteiger partial charge in [-0.15, -0.1) is 0 Å². The molecule has 2 atom stereocenters. The van der Waals surface area contributed by atoms with Crippen LogP contribution in [0.3, 0.4) is 0 Å². The van der Waals surface area contributed by atoms with Gasteiger partial charge in [0, 0.05) is 35.2 Å². The van der Waals surface area contributed by atoms with Crippen molar-refractivity contribution in [1.82, 2.24) is 0 Å². The first-order valence-corrected chi connectivity index (χ1v) is 9.04. The van der Waals surface area contributed by atoms with Crippen LogP contribution >= 0.6 is 0 Å². The fraction of sp³-hybridized carbons (Fsp3) is 0.174. The molecular weight excluding hydrogens is 322 g/mol. The van der Waals surface area contributed by atoms with E-state index >= 15 is 0 Å². The average Bonchev–Trinajstić information content (AvgIpc) is 3.42. The van der Waals surface area contributed by atoms with Gasteiger partial charge in [-0.1, -0.05) is 30.3 Å². The largest absolute Gasteiger partial charge is 0.472 e. The van der Waals surface area contributed by atoms with Gasteiger partial charge in [-0.05, 0) is 17.7 Å². The number of pyridine rings is 1. The minimum atomic E-state index is -0.180. The fourth-order valence-corrected chi connectivity index (χ4v) is 5.31. The van der Waals surface area contributed by atoms with Crippen LogP contribution in [-0.4, -0.2) is 0 Å². The SMILES string of the molecule is c1ccc2c(c1)[C@H]1c3cccc[n+]3[C@@H]2CC1(c1ccoc1)c1ccoc1. The number of furan rings is 2. The molecule has 3 aromatic heterocycles. The molecule has 1 aliphatic carbocycles. The molecule has 2 bridgehead atoms. The highest BCUT2D eigenvalue weighted by molar-refractivity contribution is 5.53. The molecule has 3 heteroatoms. The van der Waals surface area contributed by atoms with Crippen LogP contribution < -0.4 is 4.57 Å². The summed E-state index contributed by atoms with van der Waals surface area (Å²) in [5, 5.41) is 0. The first-order valence-electron chi connectivity index (χ1n) is 9.04. The normalized spacial score (nSPS) is 22.0. The summed E-state index contributed by atoms with van der Waals surface area (Å²) in [5.41, 5.74) is 6.46. The average molecular weight is 340 g/mol. The molecule has 5 heterocycles. The van der Waals surface area contributed by atoms with Crippen LogP contribution in [0.15, 0.2) is 94.7 Å². The molecule has 0 N–H and O–H groups in total. The molecular formula is C23H18NO2+. The van der Waals surface area contributed by atoms with Gasteiger partial charge < -0.3 is 8.83 Å². The highest BCUT2D eigenvalue weighted by Crippen LogP contribution is 2.59. The van der Waals surface area contributed by atoms with Crippen molar-refractivity contribution in [2.45, 2.75) is 23.8 Å². The van der Waals surface area contributed by atoms with Gasteiger partial charge in [0.25, 0.3) is 0 Å². The smallest absolute Gasteiger partial charge is 0.190 e. The molecule has 126 valence electrons. The number of aromatic nitrogens is 1. The van der Waals surface area contributed by atoms with E-state index in [1.54, 1.807) is 12.5 Å². The Hall–Kier alpha value is -3.07. The van der Waals surface area contributed by atoms with Crippen molar-refractivity contribution in [3.8, 4) is 0 Å². The van der Waals surface area contributed by atoms with Crippen LogP contribution in [0.25, 0.3) is 0 Å². The second-order valence-electron chi connectivity index (χ2n) is 7.31. The van der Waals surface area contributed by atoms with Gasteiger partial charge in [0.2, 0.25) is 0 Å². The molecule has 0 saturated heterocycles. The van der Waals surface area contributed by atoms with Gasteiger partial charge >= 0.3 is 0 Å². The van der Waals surface area contributed by atoms with Crippen molar-refractivity contribution in [3.63, 3.8) is 0 Å². The van der Waals surface area contributed by atoms with Crippen molar-refractivity contribution in [2.75, 3.05) is 0 Å². The topological polar surface area (TPSA) is 30.2 Å². The van der Waals surface area contributed by atoms with E-state index in [-0.39, 0.29) is 11.3 Å². The van der Waals surface area contributed by atoms with Crippen molar-refractivity contribution >= 4 is 0 Å². The third-order valence-corrected chi connectivity index (χ3v) is 6.30. The summed E-state index contributed by atoms with van der Waals surface area (Å²) < 4.78 is 13.5. The van der Waals surface area contributed by atoms with E-state index in [2.05, 4.69) is 65.4 Å². The second kappa shape index (κ2) is 4.98. The number of hydrogen-bond donors (Lipinski definition) is 0. The molecule has 0 spiro atoms. The second-order valence-corrected chi connectivity index (χ2v) is 7.31. The molecule has 0 unspecified atom stereocenters. The zero-order valence-electron chi connectivity index (χ0n) is 14.2. The summed E-state index contributed by atoms with van der Waals surface area (Å²) in [6.45, 7) is 0. The number of fused-ring (bicyclic) bond motifs is 1. The Bertz CT molecular complexity index is 997. The van der Waals surface area contributed by atoms with Crippen LogP contribution in [-0.2, 0) is 5.41 Å². The lowest BCUT2D eigenvalue weighted by molar-refractivity contribution is -0.732. The summed E-state index contributed by atoms with van der Waals surface area (Å²) in [7, 11) is 0. The Kier molecular flexibility index (Phi) is 2.71. The molecule has 26 heavy (non-hydrogen) atoms. The van der Waals surface area contributed by atoms with Gasteiger partial charge in [0.15, 0.2) is 17.9 Å². The summed E-state index contributed by atoms with van der Waals surface area (Å²) in [4.78, 5) is 0. The molecule has 0 fully saturated rings. The van der Waals surface area contributed by atoms with E-state index in [9.17, 15) is 0 Å². The Morgan fingerprint density at radius 3 is 2.19 bits per heavy atom. The maximum Gasteiger partial charge on any atom is 0.190 e. The number of rotatable bonds is 2. The lowest BCUT2D eigenvalue weighted by Gasteiger charge is -2.48. The van der Waals surface area contributed by atoms with Crippen LogP contribution in [0, 0.1) is 0 Å². The van der Waals surface area contributed by atoms with Crippen molar-refractivity contribution in [3.05, 3.63) is 114 Å². The first kappa shape index (κ1) is 14.1. The van der Waals surface area contributed by atoms with E-state index in [1.807, 2.05) is 12.5 Å². The maximum absolute atomic E-state index is 5.54. The molecule has 3 nitrogen and oxygen atoms in total. The number of nitrogens with zero attached hydrogens (tertiary/aromatic N) is 1. The highest BCUT2D eigenvalue weighted by atomic mass is 16.3. The molecule has 3 aliphatic rings. The van der Waals surface area contributed by atoms with Gasteiger partial charge in [-0.25, -0.2) is 0 Å². The summed E-state index contributed by atoms with van der Waals surface area (Å²) in [5.74, 6) is 0.222. The third-order valence-electron chi connectivity index (χ3n) is 6.30. The summed E-state index contributed by atoms with van der Waals surface area (Å²) >= 11 is 0. The van der Waals surface area contributed by atoms with Crippen LogP contribution in [0.1, 0.15) is 46.3 Å². The lowest BCUT2D eigenvalue weighted by Crippen LogP contribution is -2.59. The van der Waals surface area contributed by atoms with Gasteiger partial charge in [0.05, 0.1) is 36.4 Å². The zero-order chi connectivity index (χ0) is 17.1. The Balaban J connectivity index is 1.73. The summed E-state index contributed by atoms with van der Waals surface area (Å²) in [6, 6.07) is 20.0. The summed E-state index contributed by atoms with van der Waals surface area (Å²) in [6.07, 6.45) is 10.6. The van der Waals surface area contributed by atoms with E-state index in [0.29, 0.717) is 6.04 Å². The third kappa shape index (κ3) is 1.61. The molecule has 2 aliphatic heterocycles. The van der Waals surface area contributed by atoms with E-state index in [1.165, 1.54) is 27.9 Å². The Morgan fingerprint density at radius 1 is 0.808 bits per heavy atom. The first-order chi connectivity index (χ1) is 12.9. The minimum absolute atomic E-state index is 0.180. The minimum Gasteiger partial charge on any atom is -0.472 e. The predicted molar refractivity (Wildman–Crippen MR) is 95.9 cm³/mol. The monoisotopic (exact) mass is 340 g/mol. The van der Waals surface area contributed by atoms with Gasteiger partial charge in [-0.3, -0.25) is 0 Å². The van der Waals surface area contributed by atoms with Gasteiger partial charge in [-0.2, -0.15) is 4.57 Å². The highest BCUT2D eigenvalue weighted by Gasteiger charge is 2.59. The van der Waals surface area contributed by atoms with Crippen molar-refractivity contribution in [1.29, 1.82) is 0 Å². The molecule has 0 radical (unpaired) electrons. The quantitative estimate of drug-likeness (QED) is 0.500. The lowest BCUT2D eigenvalue weighted by atomic mass is 9.54. The van der Waals surface area contributed by atoms with E-state index in [4.69, 9.17) is 8.83 Å². The number of hydrogen-bond acceptors (Lipinski definition) is 2. The Labute approximate surface area is 151 Å². The van der Waals surface area contributed by atoms with Crippen molar-refractivity contribution < 1.29 is 13.4 Å². The fourth-order valence-electron chi connectivity index (χ4n) is 5.31. The van der Waals surface area contributed by atoms with Crippen molar-refractivity contribution in [2.24, 2.45) is 0 Å².